The molecule has 2 N–H and O–H groups in total. The summed E-state index contributed by atoms with van der Waals surface area (Å²) >= 11 is 0. The highest BCUT2D eigenvalue weighted by Gasteiger charge is 2.02. The lowest BCUT2D eigenvalue weighted by Crippen LogP contribution is -1.99. The molecule has 0 fully saturated rings. The Hall–Kier alpha value is -1.64. The van der Waals surface area contributed by atoms with Crippen molar-refractivity contribution >= 4 is 11.4 Å². The molecule has 3 heteroatoms. The van der Waals surface area contributed by atoms with Crippen molar-refractivity contribution in [3.8, 4) is 0 Å². The SMILES string of the molecule is C=C(C)Nc1cc(F)cc(C(C)=N)c1. The quantitative estimate of drug-likeness (QED) is 0.709. The highest BCUT2D eigenvalue weighted by Crippen LogP contribution is 2.15. The van der Waals surface area contributed by atoms with Crippen LogP contribution < -0.4 is 5.32 Å². The predicted molar refractivity (Wildman–Crippen MR) is 57.3 cm³/mol. The molecule has 1 aromatic rings. The summed E-state index contributed by atoms with van der Waals surface area (Å²) in [5.74, 6) is -0.349. The predicted octanol–water partition coefficient (Wildman–Crippen LogP) is 3.16. The molecule has 0 unspecified atom stereocenters. The van der Waals surface area contributed by atoms with Crippen molar-refractivity contribution in [2.75, 3.05) is 5.32 Å². The first kappa shape index (κ1) is 10.4. The zero-order valence-electron chi connectivity index (χ0n) is 8.32. The van der Waals surface area contributed by atoms with Crippen LogP contribution in [0.25, 0.3) is 0 Å². The molecule has 0 bridgehead atoms. The molecule has 0 saturated carbocycles. The Balaban J connectivity index is 3.07. The molecule has 0 spiro atoms. The number of rotatable bonds is 3. The summed E-state index contributed by atoms with van der Waals surface area (Å²) < 4.78 is 13.1. The Labute approximate surface area is 83.0 Å². The van der Waals surface area contributed by atoms with Gasteiger partial charge in [-0.1, -0.05) is 6.58 Å². The van der Waals surface area contributed by atoms with Crippen LogP contribution in [0.15, 0.2) is 30.5 Å². The number of halogens is 1. The molecule has 0 aliphatic rings. The summed E-state index contributed by atoms with van der Waals surface area (Å²) in [6.45, 7) is 7.09. The highest BCUT2D eigenvalue weighted by atomic mass is 19.1. The summed E-state index contributed by atoms with van der Waals surface area (Å²) in [5, 5.41) is 10.3. The summed E-state index contributed by atoms with van der Waals surface area (Å²) in [7, 11) is 0. The highest BCUT2D eigenvalue weighted by molar-refractivity contribution is 5.97. The molecule has 14 heavy (non-hydrogen) atoms. The fourth-order valence-electron chi connectivity index (χ4n) is 1.12. The minimum atomic E-state index is -0.349. The molecule has 2 nitrogen and oxygen atoms in total. The lowest BCUT2D eigenvalue weighted by molar-refractivity contribution is 0.628. The van der Waals surface area contributed by atoms with E-state index in [4.69, 9.17) is 5.41 Å². The Bertz CT molecular complexity index is 383. The van der Waals surface area contributed by atoms with Gasteiger partial charge < -0.3 is 10.7 Å². The van der Waals surface area contributed by atoms with Gasteiger partial charge in [-0.2, -0.15) is 0 Å². The van der Waals surface area contributed by atoms with Gasteiger partial charge in [-0.15, -0.1) is 0 Å². The van der Waals surface area contributed by atoms with Crippen LogP contribution in [0.2, 0.25) is 0 Å². The van der Waals surface area contributed by atoms with Crippen molar-refractivity contribution < 1.29 is 4.39 Å². The molecule has 0 saturated heterocycles. The van der Waals surface area contributed by atoms with Crippen molar-refractivity contribution in [1.29, 1.82) is 5.41 Å². The average Bonchev–Trinajstić information content (AvgIpc) is 2.01. The Morgan fingerprint density at radius 1 is 1.36 bits per heavy atom. The van der Waals surface area contributed by atoms with E-state index in [1.54, 1.807) is 19.9 Å². The summed E-state index contributed by atoms with van der Waals surface area (Å²) in [4.78, 5) is 0. The maximum atomic E-state index is 13.1. The van der Waals surface area contributed by atoms with E-state index < -0.39 is 0 Å². The number of anilines is 1. The Morgan fingerprint density at radius 2 is 2.00 bits per heavy atom. The van der Waals surface area contributed by atoms with E-state index in [1.807, 2.05) is 0 Å². The van der Waals surface area contributed by atoms with E-state index in [-0.39, 0.29) is 5.82 Å². The van der Waals surface area contributed by atoms with Gasteiger partial charge in [0.25, 0.3) is 0 Å². The topological polar surface area (TPSA) is 35.9 Å². The third-order valence-corrected chi connectivity index (χ3v) is 1.69. The van der Waals surface area contributed by atoms with E-state index in [2.05, 4.69) is 11.9 Å². The first-order valence-corrected chi connectivity index (χ1v) is 4.27. The minimum Gasteiger partial charge on any atom is -0.360 e. The fourth-order valence-corrected chi connectivity index (χ4v) is 1.12. The van der Waals surface area contributed by atoms with Crippen LogP contribution in [0.3, 0.4) is 0 Å². The zero-order valence-corrected chi connectivity index (χ0v) is 8.32. The standard InChI is InChI=1S/C11H13FN2/c1-7(2)14-11-5-9(8(3)13)4-10(12)6-11/h4-6,13-14H,1H2,2-3H3. The van der Waals surface area contributed by atoms with Gasteiger partial charge in [-0.25, -0.2) is 4.39 Å². The van der Waals surface area contributed by atoms with Gasteiger partial charge in [0, 0.05) is 17.1 Å². The van der Waals surface area contributed by atoms with Gasteiger partial charge in [-0.3, -0.25) is 0 Å². The summed E-state index contributed by atoms with van der Waals surface area (Å²) in [6.07, 6.45) is 0. The maximum absolute atomic E-state index is 13.1. The molecule has 1 aromatic carbocycles. The van der Waals surface area contributed by atoms with Crippen molar-refractivity contribution in [3.05, 3.63) is 41.9 Å². The number of allylic oxidation sites excluding steroid dienone is 1. The van der Waals surface area contributed by atoms with Gasteiger partial charge in [-0.05, 0) is 37.6 Å². The third-order valence-electron chi connectivity index (χ3n) is 1.69. The van der Waals surface area contributed by atoms with Crippen LogP contribution in [-0.2, 0) is 0 Å². The zero-order chi connectivity index (χ0) is 10.7. The van der Waals surface area contributed by atoms with Gasteiger partial charge >= 0.3 is 0 Å². The Morgan fingerprint density at radius 3 is 2.50 bits per heavy atom. The van der Waals surface area contributed by atoms with Gasteiger partial charge in [0.1, 0.15) is 5.82 Å². The second kappa shape index (κ2) is 4.05. The summed E-state index contributed by atoms with van der Waals surface area (Å²) in [5.41, 5.74) is 2.28. The van der Waals surface area contributed by atoms with Crippen LogP contribution in [0.4, 0.5) is 10.1 Å². The molecule has 0 aromatic heterocycles. The Kier molecular flexibility index (Phi) is 3.02. The first-order chi connectivity index (χ1) is 6.49. The fraction of sp³-hybridized carbons (Fsp3) is 0.182. The van der Waals surface area contributed by atoms with E-state index in [1.165, 1.54) is 12.1 Å². The van der Waals surface area contributed by atoms with Gasteiger partial charge in [0.15, 0.2) is 0 Å². The van der Waals surface area contributed by atoms with E-state index in [0.29, 0.717) is 17.0 Å². The van der Waals surface area contributed by atoms with Gasteiger partial charge in [0.2, 0.25) is 0 Å². The number of benzene rings is 1. The molecule has 74 valence electrons. The van der Waals surface area contributed by atoms with Crippen LogP contribution in [-0.4, -0.2) is 5.71 Å². The smallest absolute Gasteiger partial charge is 0.125 e. The molecule has 0 heterocycles. The van der Waals surface area contributed by atoms with Gasteiger partial charge in [0.05, 0.1) is 0 Å². The maximum Gasteiger partial charge on any atom is 0.125 e. The molecule has 0 aliphatic heterocycles. The first-order valence-electron chi connectivity index (χ1n) is 4.27. The van der Waals surface area contributed by atoms with Crippen LogP contribution in [0.5, 0.6) is 0 Å². The molecule has 1 rings (SSSR count). The minimum absolute atomic E-state index is 0.342. The second-order valence-corrected chi connectivity index (χ2v) is 3.26. The lowest BCUT2D eigenvalue weighted by Gasteiger charge is -2.07. The van der Waals surface area contributed by atoms with E-state index in [0.717, 1.165) is 5.70 Å². The average molecular weight is 192 g/mol. The lowest BCUT2D eigenvalue weighted by atomic mass is 10.1. The molecule has 0 atom stereocenters. The van der Waals surface area contributed by atoms with Crippen molar-refractivity contribution in [1.82, 2.24) is 0 Å². The second-order valence-electron chi connectivity index (χ2n) is 3.26. The number of nitrogens with one attached hydrogen (secondary N) is 2. The number of hydrogen-bond donors (Lipinski definition) is 2. The molecule has 0 radical (unpaired) electrons. The van der Waals surface area contributed by atoms with Crippen molar-refractivity contribution in [2.45, 2.75) is 13.8 Å². The summed E-state index contributed by atoms with van der Waals surface area (Å²) in [6, 6.07) is 4.44. The monoisotopic (exact) mass is 192 g/mol. The molecule has 0 aliphatic carbocycles. The van der Waals surface area contributed by atoms with Crippen LogP contribution in [0, 0.1) is 11.2 Å². The molecular formula is C11H13FN2. The van der Waals surface area contributed by atoms with Crippen LogP contribution in [0.1, 0.15) is 19.4 Å². The molecule has 0 amide bonds. The third kappa shape index (κ3) is 2.69. The van der Waals surface area contributed by atoms with E-state index >= 15 is 0 Å². The van der Waals surface area contributed by atoms with Crippen LogP contribution >= 0.6 is 0 Å². The molecular weight excluding hydrogens is 179 g/mol. The van der Waals surface area contributed by atoms with Crippen molar-refractivity contribution in [2.24, 2.45) is 0 Å². The van der Waals surface area contributed by atoms with Crippen molar-refractivity contribution in [3.63, 3.8) is 0 Å². The largest absolute Gasteiger partial charge is 0.360 e. The number of hydrogen-bond acceptors (Lipinski definition) is 2. The normalized spacial score (nSPS) is 9.64. The van der Waals surface area contributed by atoms with E-state index in [9.17, 15) is 4.39 Å².